The highest BCUT2D eigenvalue weighted by Gasteiger charge is 2.18. The van der Waals surface area contributed by atoms with Crippen molar-refractivity contribution in [1.29, 1.82) is 0 Å². The maximum atomic E-state index is 10.0. The Kier molecular flexibility index (Phi) is 6.16. The fourth-order valence-corrected chi connectivity index (χ4v) is 3.43. The predicted molar refractivity (Wildman–Crippen MR) is 106 cm³/mol. The molecule has 0 aliphatic rings. The van der Waals surface area contributed by atoms with Crippen molar-refractivity contribution in [3.63, 3.8) is 0 Å². The van der Waals surface area contributed by atoms with Crippen LogP contribution in [-0.2, 0) is 13.2 Å². The van der Waals surface area contributed by atoms with Crippen molar-refractivity contribution in [2.24, 2.45) is 0 Å². The summed E-state index contributed by atoms with van der Waals surface area (Å²) in [6, 6.07) is 9.25. The Labute approximate surface area is 163 Å². The number of aliphatic hydroxyl groups is 2. The Bertz CT molecular complexity index is 959. The third kappa shape index (κ3) is 3.86. The second-order valence-corrected chi connectivity index (χ2v) is 6.35. The van der Waals surface area contributed by atoms with Gasteiger partial charge in [0.1, 0.15) is 5.15 Å². The number of aromatic nitrogens is 1. The Balaban J connectivity index is 2.39. The molecule has 0 unspecified atom stereocenters. The molecule has 1 heterocycles. The van der Waals surface area contributed by atoms with Crippen LogP contribution in [0.5, 0.6) is 11.5 Å². The van der Waals surface area contributed by atoms with Crippen molar-refractivity contribution in [3.8, 4) is 22.6 Å². The van der Waals surface area contributed by atoms with Crippen LogP contribution in [0.15, 0.2) is 36.5 Å². The van der Waals surface area contributed by atoms with E-state index in [2.05, 4.69) is 4.98 Å². The average Bonchev–Trinajstić information content (AvgIpc) is 2.67. The summed E-state index contributed by atoms with van der Waals surface area (Å²) in [5, 5.41) is 22.0. The van der Waals surface area contributed by atoms with E-state index in [1.807, 2.05) is 38.1 Å². The highest BCUT2D eigenvalue weighted by molar-refractivity contribution is 6.29. The lowest BCUT2D eigenvalue weighted by atomic mass is 9.90. The average molecular weight is 388 g/mol. The van der Waals surface area contributed by atoms with E-state index >= 15 is 0 Å². The summed E-state index contributed by atoms with van der Waals surface area (Å²) in [7, 11) is 0. The minimum atomic E-state index is -0.210. The van der Waals surface area contributed by atoms with E-state index in [0.29, 0.717) is 41.0 Å². The van der Waals surface area contributed by atoms with Gasteiger partial charge in [0.25, 0.3) is 0 Å². The van der Waals surface area contributed by atoms with Crippen molar-refractivity contribution in [1.82, 2.24) is 4.98 Å². The van der Waals surface area contributed by atoms with Gasteiger partial charge in [-0.25, -0.2) is 4.98 Å². The third-order valence-corrected chi connectivity index (χ3v) is 4.55. The summed E-state index contributed by atoms with van der Waals surface area (Å²) in [4.78, 5) is 4.04. The van der Waals surface area contributed by atoms with Crippen molar-refractivity contribution >= 4 is 22.4 Å². The van der Waals surface area contributed by atoms with Gasteiger partial charge in [0.2, 0.25) is 0 Å². The van der Waals surface area contributed by atoms with Gasteiger partial charge >= 0.3 is 0 Å². The summed E-state index contributed by atoms with van der Waals surface area (Å²) in [6.45, 7) is 4.45. The van der Waals surface area contributed by atoms with Gasteiger partial charge in [-0.15, -0.1) is 0 Å². The Hall–Kier alpha value is -2.34. The highest BCUT2D eigenvalue weighted by Crippen LogP contribution is 2.41. The Morgan fingerprint density at radius 3 is 2.26 bits per heavy atom. The van der Waals surface area contributed by atoms with Crippen LogP contribution < -0.4 is 9.47 Å². The predicted octanol–water partition coefficient (Wildman–Crippen LogP) is 4.34. The number of hydrogen-bond acceptors (Lipinski definition) is 5. The van der Waals surface area contributed by atoms with E-state index in [-0.39, 0.29) is 13.2 Å². The van der Waals surface area contributed by atoms with Crippen LogP contribution >= 0.6 is 11.6 Å². The molecule has 3 aromatic rings. The maximum absolute atomic E-state index is 10.0. The molecule has 0 saturated carbocycles. The molecular weight excluding hydrogens is 366 g/mol. The molecule has 0 fully saturated rings. The normalized spacial score (nSPS) is 11.0. The second-order valence-electron chi connectivity index (χ2n) is 5.96. The molecule has 0 atom stereocenters. The molecule has 0 saturated heterocycles. The first-order chi connectivity index (χ1) is 13.1. The quantitative estimate of drug-likeness (QED) is 0.590. The molecule has 2 aromatic carbocycles. The minimum absolute atomic E-state index is 0.186. The number of aliphatic hydroxyl groups excluding tert-OH is 2. The lowest BCUT2D eigenvalue weighted by Gasteiger charge is -2.19. The number of pyridine rings is 1. The molecule has 0 amide bonds. The largest absolute Gasteiger partial charge is 0.490 e. The summed E-state index contributed by atoms with van der Waals surface area (Å²) in [5.41, 5.74) is 2.91. The number of ether oxygens (including phenoxy) is 2. The second kappa shape index (κ2) is 8.57. The molecule has 142 valence electrons. The fraction of sp³-hybridized carbons (Fsp3) is 0.286. The Morgan fingerprint density at radius 2 is 1.67 bits per heavy atom. The first-order valence-electron chi connectivity index (χ1n) is 8.84. The molecule has 6 heteroatoms. The molecule has 0 spiro atoms. The maximum Gasteiger partial charge on any atom is 0.161 e. The summed E-state index contributed by atoms with van der Waals surface area (Å²) < 4.78 is 11.5. The van der Waals surface area contributed by atoms with Gasteiger partial charge in [0, 0.05) is 6.20 Å². The number of fused-ring (bicyclic) bond motifs is 1. The summed E-state index contributed by atoms with van der Waals surface area (Å²) in [5.74, 6) is 1.28. The molecular formula is C21H22ClNO4. The topological polar surface area (TPSA) is 71.8 Å². The number of halogens is 1. The van der Waals surface area contributed by atoms with E-state index in [4.69, 9.17) is 21.1 Å². The SMILES string of the molecule is CCOc1cc2cc(CO)c(CO)c(-c3ccnc(Cl)c3)c2cc1OCC. The van der Waals surface area contributed by atoms with E-state index in [9.17, 15) is 10.2 Å². The van der Waals surface area contributed by atoms with Gasteiger partial charge in [0.15, 0.2) is 11.5 Å². The molecule has 3 rings (SSSR count). The van der Waals surface area contributed by atoms with Gasteiger partial charge in [-0.05, 0) is 77.2 Å². The van der Waals surface area contributed by atoms with Crippen LogP contribution in [-0.4, -0.2) is 28.4 Å². The first kappa shape index (κ1) is 19.4. The number of rotatable bonds is 7. The molecule has 0 bridgehead atoms. The van der Waals surface area contributed by atoms with Crippen LogP contribution in [0.3, 0.4) is 0 Å². The van der Waals surface area contributed by atoms with Crippen LogP contribution in [0, 0.1) is 0 Å². The molecule has 1 aromatic heterocycles. The first-order valence-corrected chi connectivity index (χ1v) is 9.22. The highest BCUT2D eigenvalue weighted by atomic mass is 35.5. The van der Waals surface area contributed by atoms with Crippen LogP contribution in [0.2, 0.25) is 5.15 Å². The van der Waals surface area contributed by atoms with Crippen molar-refractivity contribution in [2.45, 2.75) is 27.1 Å². The van der Waals surface area contributed by atoms with Crippen LogP contribution in [0.4, 0.5) is 0 Å². The lowest BCUT2D eigenvalue weighted by molar-refractivity contribution is 0.260. The van der Waals surface area contributed by atoms with E-state index in [1.165, 1.54) is 0 Å². The van der Waals surface area contributed by atoms with Crippen molar-refractivity contribution < 1.29 is 19.7 Å². The zero-order valence-corrected chi connectivity index (χ0v) is 16.1. The van der Waals surface area contributed by atoms with Gasteiger partial charge in [-0.3, -0.25) is 0 Å². The van der Waals surface area contributed by atoms with Crippen molar-refractivity contribution in [3.05, 3.63) is 52.8 Å². The molecule has 27 heavy (non-hydrogen) atoms. The standard InChI is InChI=1S/C21H22ClNO4/c1-3-26-18-8-14-7-15(11-24)17(12-25)21(13-5-6-23-20(22)9-13)16(14)10-19(18)27-4-2/h5-10,24-25H,3-4,11-12H2,1-2H3. The van der Waals surface area contributed by atoms with E-state index < -0.39 is 0 Å². The third-order valence-electron chi connectivity index (χ3n) is 4.35. The van der Waals surface area contributed by atoms with Crippen LogP contribution in [0.25, 0.3) is 21.9 Å². The molecule has 0 aliphatic heterocycles. The molecule has 2 N–H and O–H groups in total. The number of benzene rings is 2. The molecule has 0 aliphatic carbocycles. The smallest absolute Gasteiger partial charge is 0.161 e. The Morgan fingerprint density at radius 1 is 0.963 bits per heavy atom. The molecule has 0 radical (unpaired) electrons. The summed E-state index contributed by atoms with van der Waals surface area (Å²) >= 11 is 6.09. The summed E-state index contributed by atoms with van der Waals surface area (Å²) in [6.07, 6.45) is 1.62. The molecule has 5 nitrogen and oxygen atoms in total. The zero-order valence-electron chi connectivity index (χ0n) is 15.3. The monoisotopic (exact) mass is 387 g/mol. The zero-order chi connectivity index (χ0) is 19.4. The lowest BCUT2D eigenvalue weighted by Crippen LogP contribution is -2.02. The fourth-order valence-electron chi connectivity index (χ4n) is 3.26. The van der Waals surface area contributed by atoms with E-state index in [0.717, 1.165) is 21.9 Å². The van der Waals surface area contributed by atoms with E-state index in [1.54, 1.807) is 12.3 Å². The van der Waals surface area contributed by atoms with Gasteiger partial charge in [-0.2, -0.15) is 0 Å². The van der Waals surface area contributed by atoms with Crippen molar-refractivity contribution in [2.75, 3.05) is 13.2 Å². The number of hydrogen-bond donors (Lipinski definition) is 2. The van der Waals surface area contributed by atoms with Gasteiger partial charge in [0.05, 0.1) is 26.4 Å². The van der Waals surface area contributed by atoms with Gasteiger partial charge in [-0.1, -0.05) is 11.6 Å². The van der Waals surface area contributed by atoms with Gasteiger partial charge < -0.3 is 19.7 Å². The minimum Gasteiger partial charge on any atom is -0.490 e. The van der Waals surface area contributed by atoms with Crippen LogP contribution in [0.1, 0.15) is 25.0 Å². The number of nitrogens with zero attached hydrogens (tertiary/aromatic N) is 1.